The topological polar surface area (TPSA) is 32.3 Å². The van der Waals surface area contributed by atoms with E-state index < -0.39 is 0 Å². The Kier molecular flexibility index (Phi) is 5.69. The second-order valence-corrected chi connectivity index (χ2v) is 11.5. The molecule has 0 aliphatic heterocycles. The Morgan fingerprint density at radius 3 is 1.67 bits per heavy atom. The van der Waals surface area contributed by atoms with Crippen LogP contribution in [0.2, 0.25) is 0 Å². The van der Waals surface area contributed by atoms with Crippen LogP contribution >= 0.6 is 0 Å². The van der Waals surface area contributed by atoms with E-state index in [2.05, 4.69) is 162 Å². The lowest BCUT2D eigenvalue weighted by atomic mass is 10.0. The lowest BCUT2D eigenvalue weighted by Crippen LogP contribution is -2.14. The predicted molar refractivity (Wildman–Crippen MR) is 188 cm³/mol. The number of benzene rings is 7. The maximum atomic E-state index is 5.55. The summed E-state index contributed by atoms with van der Waals surface area (Å²) in [6.07, 6.45) is 0. The molecule has 0 unspecified atom stereocenters. The van der Waals surface area contributed by atoms with Crippen molar-refractivity contribution in [3.05, 3.63) is 152 Å². The van der Waals surface area contributed by atoms with Gasteiger partial charge in [0.2, 0.25) is 0 Å². The van der Waals surface area contributed by atoms with Crippen LogP contribution in [0.3, 0.4) is 0 Å². The average molecular weight is 577 g/mol. The normalized spacial score (nSPS) is 11.7. The average Bonchev–Trinajstić information content (AvgIpc) is 3.42. The van der Waals surface area contributed by atoms with Gasteiger partial charge in [0.05, 0.1) is 28.5 Å². The van der Waals surface area contributed by atoms with E-state index in [1.54, 1.807) is 0 Å². The molecule has 8 aromatic rings. The van der Waals surface area contributed by atoms with E-state index in [9.17, 15) is 0 Å². The summed E-state index contributed by atoms with van der Waals surface area (Å²) in [5.74, 6) is 0. The molecule has 1 aliphatic carbocycles. The summed E-state index contributed by atoms with van der Waals surface area (Å²) in [5.41, 5.74) is 11.1. The van der Waals surface area contributed by atoms with Gasteiger partial charge in [-0.05, 0) is 53.2 Å². The zero-order valence-corrected chi connectivity index (χ0v) is 24.7. The molecule has 0 atom stereocenters. The molecule has 7 aromatic carbocycles. The Morgan fingerprint density at radius 1 is 0.422 bits per heavy atom. The van der Waals surface area contributed by atoms with Gasteiger partial charge in [0.15, 0.2) is 0 Å². The van der Waals surface area contributed by atoms with E-state index in [4.69, 9.17) is 9.97 Å². The standard InChI is InChI=1S/C41H28N4/c1-44(29-17-4-2-5-18-29)35-25-26-36(45(30-19-6-3-7-20-30)34-24-12-14-27-13-8-9-21-31(27)34)41-40(35)42-38-32-22-10-15-28-16-11-23-33(37(28)32)39(38)43-41/h2-26H,1H3. The molecule has 0 radical (unpaired) electrons. The van der Waals surface area contributed by atoms with Crippen molar-refractivity contribution in [3.8, 4) is 22.5 Å². The SMILES string of the molecule is CN(c1ccccc1)c1ccc(N(c2ccccc2)c2cccc3ccccc23)c2nc3c(nc12)-c1cccc2cccc-3c12. The maximum Gasteiger partial charge on any atom is 0.116 e. The number of hydrogen-bond donors (Lipinski definition) is 0. The summed E-state index contributed by atoms with van der Waals surface area (Å²) >= 11 is 0. The largest absolute Gasteiger partial charge is 0.343 e. The minimum Gasteiger partial charge on any atom is -0.343 e. The van der Waals surface area contributed by atoms with Gasteiger partial charge in [-0.2, -0.15) is 0 Å². The van der Waals surface area contributed by atoms with Gasteiger partial charge in [-0.15, -0.1) is 0 Å². The van der Waals surface area contributed by atoms with Crippen molar-refractivity contribution in [3.63, 3.8) is 0 Å². The van der Waals surface area contributed by atoms with Gasteiger partial charge < -0.3 is 9.80 Å². The van der Waals surface area contributed by atoms with Crippen LogP contribution in [0.1, 0.15) is 0 Å². The second kappa shape index (κ2) is 10.0. The van der Waals surface area contributed by atoms with Crippen LogP contribution in [0, 0.1) is 0 Å². The number of aromatic nitrogens is 2. The summed E-state index contributed by atoms with van der Waals surface area (Å²) in [5, 5.41) is 4.79. The van der Waals surface area contributed by atoms with Gasteiger partial charge in [-0.25, -0.2) is 9.97 Å². The van der Waals surface area contributed by atoms with Crippen molar-refractivity contribution >= 4 is 61.0 Å². The van der Waals surface area contributed by atoms with Crippen molar-refractivity contribution < 1.29 is 0 Å². The van der Waals surface area contributed by atoms with Gasteiger partial charge >= 0.3 is 0 Å². The number of rotatable bonds is 5. The number of para-hydroxylation sites is 2. The zero-order chi connectivity index (χ0) is 29.9. The fraction of sp³-hybridized carbons (Fsp3) is 0.0244. The fourth-order valence-electron chi connectivity index (χ4n) is 6.85. The summed E-state index contributed by atoms with van der Waals surface area (Å²) in [6.45, 7) is 0. The smallest absolute Gasteiger partial charge is 0.116 e. The first-order chi connectivity index (χ1) is 22.3. The number of nitrogens with zero attached hydrogens (tertiary/aromatic N) is 4. The predicted octanol–water partition coefficient (Wildman–Crippen LogP) is 10.8. The monoisotopic (exact) mass is 576 g/mol. The van der Waals surface area contributed by atoms with Crippen molar-refractivity contribution in [1.29, 1.82) is 0 Å². The van der Waals surface area contributed by atoms with Crippen LogP contribution in [0.4, 0.5) is 28.4 Å². The first-order valence-electron chi connectivity index (χ1n) is 15.3. The Bertz CT molecular complexity index is 2390. The van der Waals surface area contributed by atoms with Gasteiger partial charge in [0, 0.05) is 40.3 Å². The minimum absolute atomic E-state index is 0.857. The van der Waals surface area contributed by atoms with E-state index >= 15 is 0 Å². The lowest BCUT2D eigenvalue weighted by molar-refractivity contribution is 1.19. The third kappa shape index (κ3) is 3.93. The Hall–Kier alpha value is -6.00. The maximum absolute atomic E-state index is 5.55. The van der Waals surface area contributed by atoms with E-state index in [1.165, 1.54) is 21.5 Å². The van der Waals surface area contributed by atoms with Gasteiger partial charge in [0.25, 0.3) is 0 Å². The molecule has 0 saturated heterocycles. The van der Waals surface area contributed by atoms with Crippen LogP contribution in [0.15, 0.2) is 152 Å². The van der Waals surface area contributed by atoms with Gasteiger partial charge in [-0.3, -0.25) is 0 Å². The Balaban J connectivity index is 1.38. The third-order valence-electron chi connectivity index (χ3n) is 8.96. The van der Waals surface area contributed by atoms with Crippen LogP contribution in [0.25, 0.3) is 55.1 Å². The third-order valence-corrected chi connectivity index (χ3v) is 8.96. The molecule has 4 heteroatoms. The molecule has 9 rings (SSSR count). The van der Waals surface area contributed by atoms with Crippen LogP contribution < -0.4 is 9.80 Å². The molecule has 0 bridgehead atoms. The number of anilines is 5. The molecule has 1 aliphatic rings. The van der Waals surface area contributed by atoms with Crippen LogP contribution in [-0.2, 0) is 0 Å². The second-order valence-electron chi connectivity index (χ2n) is 11.5. The Morgan fingerprint density at radius 2 is 0.956 bits per heavy atom. The summed E-state index contributed by atoms with van der Waals surface area (Å²) in [4.78, 5) is 15.6. The molecule has 0 spiro atoms. The molecule has 212 valence electrons. The highest BCUT2D eigenvalue weighted by Crippen LogP contribution is 2.49. The Labute approximate surface area is 261 Å². The van der Waals surface area contributed by atoms with Crippen molar-refractivity contribution in [2.24, 2.45) is 0 Å². The summed E-state index contributed by atoms with van der Waals surface area (Å²) in [6, 6.07) is 53.4. The van der Waals surface area contributed by atoms with E-state index in [0.29, 0.717) is 0 Å². The quantitative estimate of drug-likeness (QED) is 0.204. The molecular formula is C41H28N4. The molecule has 0 N–H and O–H groups in total. The van der Waals surface area contributed by atoms with Crippen LogP contribution in [0.5, 0.6) is 0 Å². The molecule has 45 heavy (non-hydrogen) atoms. The molecule has 0 fully saturated rings. The molecule has 1 heterocycles. The molecule has 1 aromatic heterocycles. The first kappa shape index (κ1) is 25.5. The van der Waals surface area contributed by atoms with E-state index in [0.717, 1.165) is 62.0 Å². The van der Waals surface area contributed by atoms with E-state index in [-0.39, 0.29) is 0 Å². The number of fused-ring (bicyclic) bond motifs is 5. The molecule has 0 saturated carbocycles. The zero-order valence-electron chi connectivity index (χ0n) is 24.7. The number of hydrogen-bond acceptors (Lipinski definition) is 4. The van der Waals surface area contributed by atoms with Gasteiger partial charge in [0.1, 0.15) is 11.0 Å². The molecule has 0 amide bonds. The molecule has 4 nitrogen and oxygen atoms in total. The van der Waals surface area contributed by atoms with Crippen LogP contribution in [-0.4, -0.2) is 17.0 Å². The molecular weight excluding hydrogens is 548 g/mol. The van der Waals surface area contributed by atoms with Crippen molar-refractivity contribution in [1.82, 2.24) is 9.97 Å². The summed E-state index contributed by atoms with van der Waals surface area (Å²) in [7, 11) is 2.10. The summed E-state index contributed by atoms with van der Waals surface area (Å²) < 4.78 is 0. The minimum atomic E-state index is 0.857. The lowest BCUT2D eigenvalue weighted by Gasteiger charge is -2.29. The van der Waals surface area contributed by atoms with Gasteiger partial charge in [-0.1, -0.05) is 109 Å². The first-order valence-corrected chi connectivity index (χ1v) is 15.3. The highest BCUT2D eigenvalue weighted by Gasteiger charge is 2.28. The van der Waals surface area contributed by atoms with E-state index in [1.807, 2.05) is 6.07 Å². The highest BCUT2D eigenvalue weighted by atomic mass is 15.2. The van der Waals surface area contributed by atoms with Crippen molar-refractivity contribution in [2.75, 3.05) is 16.8 Å². The van der Waals surface area contributed by atoms with Crippen molar-refractivity contribution in [2.45, 2.75) is 0 Å². The highest BCUT2D eigenvalue weighted by molar-refractivity contribution is 6.16. The fourth-order valence-corrected chi connectivity index (χ4v) is 6.85.